The molecule has 1 heterocycles. The summed E-state index contributed by atoms with van der Waals surface area (Å²) < 4.78 is 16.1. The van der Waals surface area contributed by atoms with Crippen LogP contribution in [0.25, 0.3) is 0 Å². The van der Waals surface area contributed by atoms with E-state index >= 15 is 0 Å². The zero-order chi connectivity index (χ0) is 20.6. The number of aliphatic hydroxyl groups excluding tert-OH is 1. The van der Waals surface area contributed by atoms with Crippen LogP contribution in [0.2, 0.25) is 0 Å². The number of hydrogen-bond acceptors (Lipinski definition) is 6. The molecular formula is C23H32N2O4. The predicted molar refractivity (Wildman–Crippen MR) is 114 cm³/mol. The van der Waals surface area contributed by atoms with E-state index in [4.69, 9.17) is 14.2 Å². The molecule has 6 heteroatoms. The van der Waals surface area contributed by atoms with Crippen LogP contribution in [0.4, 0.5) is 0 Å². The molecule has 3 rings (SSSR count). The SMILES string of the molecule is COc1cccc(CN2CCN(Cc3ccc(OC)c(OC)c3)C[C@@H]2CCO)c1. The Hall–Kier alpha value is -2.28. The van der Waals surface area contributed by atoms with Crippen molar-refractivity contribution >= 4 is 0 Å². The molecule has 1 aliphatic rings. The van der Waals surface area contributed by atoms with Crippen molar-refractivity contribution < 1.29 is 19.3 Å². The highest BCUT2D eigenvalue weighted by atomic mass is 16.5. The lowest BCUT2D eigenvalue weighted by atomic mass is 10.1. The Labute approximate surface area is 173 Å². The number of ether oxygens (including phenoxy) is 3. The second-order valence-corrected chi connectivity index (χ2v) is 7.41. The van der Waals surface area contributed by atoms with Crippen molar-refractivity contribution in [1.29, 1.82) is 0 Å². The zero-order valence-electron chi connectivity index (χ0n) is 17.6. The van der Waals surface area contributed by atoms with E-state index < -0.39 is 0 Å². The lowest BCUT2D eigenvalue weighted by Crippen LogP contribution is -2.52. The molecule has 0 amide bonds. The van der Waals surface area contributed by atoms with E-state index in [-0.39, 0.29) is 6.61 Å². The van der Waals surface area contributed by atoms with E-state index in [0.717, 1.165) is 56.4 Å². The second kappa shape index (κ2) is 10.5. The van der Waals surface area contributed by atoms with Gasteiger partial charge in [0, 0.05) is 45.4 Å². The average Bonchev–Trinajstić information content (AvgIpc) is 2.75. The van der Waals surface area contributed by atoms with Gasteiger partial charge in [0.15, 0.2) is 11.5 Å². The van der Waals surface area contributed by atoms with E-state index in [1.165, 1.54) is 11.1 Å². The summed E-state index contributed by atoms with van der Waals surface area (Å²) in [5, 5.41) is 9.59. The molecule has 1 aliphatic heterocycles. The molecule has 0 aliphatic carbocycles. The van der Waals surface area contributed by atoms with Crippen LogP contribution in [0.5, 0.6) is 17.2 Å². The minimum absolute atomic E-state index is 0.198. The van der Waals surface area contributed by atoms with Crippen molar-refractivity contribution in [1.82, 2.24) is 9.80 Å². The largest absolute Gasteiger partial charge is 0.497 e. The van der Waals surface area contributed by atoms with Crippen LogP contribution < -0.4 is 14.2 Å². The Balaban J connectivity index is 1.65. The van der Waals surface area contributed by atoms with Gasteiger partial charge in [-0.25, -0.2) is 0 Å². The summed E-state index contributed by atoms with van der Waals surface area (Å²) in [6, 6.07) is 14.6. The van der Waals surface area contributed by atoms with E-state index in [2.05, 4.69) is 28.0 Å². The number of rotatable bonds is 9. The first kappa shape index (κ1) is 21.4. The summed E-state index contributed by atoms with van der Waals surface area (Å²) in [6.45, 7) is 4.80. The van der Waals surface area contributed by atoms with Gasteiger partial charge >= 0.3 is 0 Å². The first-order chi connectivity index (χ1) is 14.2. The average molecular weight is 401 g/mol. The molecule has 29 heavy (non-hydrogen) atoms. The third kappa shape index (κ3) is 5.63. The fourth-order valence-electron chi connectivity index (χ4n) is 3.97. The first-order valence-corrected chi connectivity index (χ1v) is 10.1. The van der Waals surface area contributed by atoms with Crippen molar-refractivity contribution in [2.24, 2.45) is 0 Å². The first-order valence-electron chi connectivity index (χ1n) is 10.1. The highest BCUT2D eigenvalue weighted by Crippen LogP contribution is 2.28. The molecular weight excluding hydrogens is 368 g/mol. The minimum atomic E-state index is 0.198. The molecule has 6 nitrogen and oxygen atoms in total. The van der Waals surface area contributed by atoms with Crippen LogP contribution >= 0.6 is 0 Å². The number of benzene rings is 2. The van der Waals surface area contributed by atoms with Gasteiger partial charge in [-0.15, -0.1) is 0 Å². The molecule has 1 atom stereocenters. The van der Waals surface area contributed by atoms with Gasteiger partial charge in [0.2, 0.25) is 0 Å². The smallest absolute Gasteiger partial charge is 0.161 e. The molecule has 0 bridgehead atoms. The summed E-state index contributed by atoms with van der Waals surface area (Å²) >= 11 is 0. The lowest BCUT2D eigenvalue weighted by molar-refractivity contribution is 0.0499. The van der Waals surface area contributed by atoms with Crippen LogP contribution in [-0.4, -0.2) is 68.5 Å². The lowest BCUT2D eigenvalue weighted by Gasteiger charge is -2.41. The topological polar surface area (TPSA) is 54.4 Å². The third-order valence-electron chi connectivity index (χ3n) is 5.53. The summed E-state index contributed by atoms with van der Waals surface area (Å²) in [4.78, 5) is 4.92. The Morgan fingerprint density at radius 3 is 2.41 bits per heavy atom. The summed E-state index contributed by atoms with van der Waals surface area (Å²) in [6.07, 6.45) is 0.770. The number of methoxy groups -OCH3 is 3. The van der Waals surface area contributed by atoms with Crippen LogP contribution in [0.3, 0.4) is 0 Å². The van der Waals surface area contributed by atoms with Crippen molar-refractivity contribution in [3.05, 3.63) is 53.6 Å². The fourth-order valence-corrected chi connectivity index (χ4v) is 3.97. The minimum Gasteiger partial charge on any atom is -0.497 e. The zero-order valence-corrected chi connectivity index (χ0v) is 17.6. The molecule has 0 radical (unpaired) electrons. The van der Waals surface area contributed by atoms with Gasteiger partial charge in [-0.05, 0) is 41.8 Å². The summed E-state index contributed by atoms with van der Waals surface area (Å²) in [5.41, 5.74) is 2.44. The summed E-state index contributed by atoms with van der Waals surface area (Å²) in [5.74, 6) is 2.39. The molecule has 0 aromatic heterocycles. The molecule has 1 saturated heterocycles. The van der Waals surface area contributed by atoms with E-state index in [9.17, 15) is 5.11 Å². The van der Waals surface area contributed by atoms with E-state index in [1.54, 1.807) is 21.3 Å². The maximum absolute atomic E-state index is 9.59. The monoisotopic (exact) mass is 400 g/mol. The molecule has 1 fully saturated rings. The molecule has 0 spiro atoms. The Bertz CT molecular complexity index is 783. The van der Waals surface area contributed by atoms with Gasteiger partial charge in [-0.3, -0.25) is 9.80 Å². The standard InChI is InChI=1S/C23H32N2O4/c1-27-21-6-4-5-18(13-21)16-25-11-10-24(17-20(25)9-12-26)15-19-7-8-22(28-2)23(14-19)29-3/h4-8,13-14,20,26H,9-12,15-17H2,1-3H3/t20-/m0/s1. The van der Waals surface area contributed by atoms with Crippen LogP contribution in [0.1, 0.15) is 17.5 Å². The Kier molecular flexibility index (Phi) is 7.75. The number of hydrogen-bond donors (Lipinski definition) is 1. The molecule has 2 aromatic carbocycles. The van der Waals surface area contributed by atoms with Crippen molar-refractivity contribution in [3.63, 3.8) is 0 Å². The predicted octanol–water partition coefficient (Wildman–Crippen LogP) is 2.78. The highest BCUT2D eigenvalue weighted by molar-refractivity contribution is 5.42. The molecule has 158 valence electrons. The molecule has 2 aromatic rings. The molecule has 0 saturated carbocycles. The van der Waals surface area contributed by atoms with Crippen molar-refractivity contribution in [3.8, 4) is 17.2 Å². The van der Waals surface area contributed by atoms with Crippen LogP contribution in [-0.2, 0) is 13.1 Å². The van der Waals surface area contributed by atoms with Gasteiger partial charge in [-0.1, -0.05) is 18.2 Å². The second-order valence-electron chi connectivity index (χ2n) is 7.41. The van der Waals surface area contributed by atoms with Crippen LogP contribution in [0, 0.1) is 0 Å². The van der Waals surface area contributed by atoms with Crippen LogP contribution in [0.15, 0.2) is 42.5 Å². The van der Waals surface area contributed by atoms with Gasteiger partial charge in [0.1, 0.15) is 5.75 Å². The fraction of sp³-hybridized carbons (Fsp3) is 0.478. The molecule has 1 N–H and O–H groups in total. The maximum Gasteiger partial charge on any atom is 0.161 e. The van der Waals surface area contributed by atoms with Gasteiger partial charge < -0.3 is 19.3 Å². The number of piperazine rings is 1. The quantitative estimate of drug-likeness (QED) is 0.699. The van der Waals surface area contributed by atoms with Crippen molar-refractivity contribution in [2.45, 2.75) is 25.6 Å². The van der Waals surface area contributed by atoms with E-state index in [0.29, 0.717) is 6.04 Å². The van der Waals surface area contributed by atoms with Crippen molar-refractivity contribution in [2.75, 3.05) is 47.6 Å². The molecule has 0 unspecified atom stereocenters. The normalized spacial score (nSPS) is 17.9. The van der Waals surface area contributed by atoms with E-state index in [1.807, 2.05) is 24.3 Å². The Morgan fingerprint density at radius 1 is 0.897 bits per heavy atom. The maximum atomic E-state index is 9.59. The highest BCUT2D eigenvalue weighted by Gasteiger charge is 2.27. The summed E-state index contributed by atoms with van der Waals surface area (Å²) in [7, 11) is 5.01. The van der Waals surface area contributed by atoms with Gasteiger partial charge in [-0.2, -0.15) is 0 Å². The number of nitrogens with zero attached hydrogens (tertiary/aromatic N) is 2. The Morgan fingerprint density at radius 2 is 1.69 bits per heavy atom. The van der Waals surface area contributed by atoms with Gasteiger partial charge in [0.25, 0.3) is 0 Å². The van der Waals surface area contributed by atoms with Gasteiger partial charge in [0.05, 0.1) is 21.3 Å². The number of aliphatic hydroxyl groups is 1. The third-order valence-corrected chi connectivity index (χ3v) is 5.53.